The van der Waals surface area contributed by atoms with Crippen molar-refractivity contribution in [2.75, 3.05) is 37.5 Å². The molecule has 0 atom stereocenters. The third kappa shape index (κ3) is 3.06. The van der Waals surface area contributed by atoms with Gasteiger partial charge in [0, 0.05) is 32.1 Å². The fourth-order valence-corrected chi connectivity index (χ4v) is 1.65. The number of hydrogen-bond donors (Lipinski definition) is 2. The molecule has 2 N–H and O–H groups in total. The number of aliphatic hydroxyl groups excluding tert-OH is 1. The first kappa shape index (κ1) is 13.7. The zero-order valence-corrected chi connectivity index (χ0v) is 11.3. The molecule has 0 amide bonds. The van der Waals surface area contributed by atoms with Gasteiger partial charge < -0.3 is 15.3 Å². The summed E-state index contributed by atoms with van der Waals surface area (Å²) < 4.78 is 0. The van der Waals surface area contributed by atoms with Gasteiger partial charge >= 0.3 is 0 Å². The summed E-state index contributed by atoms with van der Waals surface area (Å²) in [6.07, 6.45) is 0. The van der Waals surface area contributed by atoms with Crippen LogP contribution in [0.5, 0.6) is 0 Å². The lowest BCUT2D eigenvalue weighted by molar-refractivity contribution is 0.303. The van der Waals surface area contributed by atoms with E-state index in [0.717, 1.165) is 23.0 Å². The second-order valence-corrected chi connectivity index (χ2v) is 4.43. The second-order valence-electron chi connectivity index (χ2n) is 4.43. The molecule has 5 nitrogen and oxygen atoms in total. The van der Waals surface area contributed by atoms with E-state index in [9.17, 15) is 0 Å². The Labute approximate surface area is 103 Å². The predicted molar refractivity (Wildman–Crippen MR) is 70.8 cm³/mol. The highest BCUT2D eigenvalue weighted by Crippen LogP contribution is 2.24. The molecule has 0 bridgehead atoms. The topological polar surface area (TPSA) is 61.3 Å². The normalized spacial score (nSPS) is 10.8. The molecular weight excluding hydrogens is 216 g/mol. The minimum atomic E-state index is 0.117. The Bertz CT molecular complexity index is 379. The molecule has 0 fully saturated rings. The van der Waals surface area contributed by atoms with Crippen LogP contribution >= 0.6 is 0 Å². The van der Waals surface area contributed by atoms with Gasteiger partial charge in [-0.15, -0.1) is 0 Å². The summed E-state index contributed by atoms with van der Waals surface area (Å²) in [6, 6.07) is 0. The number of hydrogen-bond acceptors (Lipinski definition) is 5. The Kier molecular flexibility index (Phi) is 4.69. The van der Waals surface area contributed by atoms with Crippen LogP contribution in [0.3, 0.4) is 0 Å². The van der Waals surface area contributed by atoms with Crippen LogP contribution in [0.1, 0.15) is 31.2 Å². The predicted octanol–water partition coefficient (Wildman–Crippen LogP) is 1.38. The summed E-state index contributed by atoms with van der Waals surface area (Å²) in [7, 11) is 3.78. The first-order chi connectivity index (χ1) is 8.01. The highest BCUT2D eigenvalue weighted by molar-refractivity contribution is 5.58. The Morgan fingerprint density at radius 1 is 1.35 bits per heavy atom. The lowest BCUT2D eigenvalue weighted by atomic mass is 10.2. The summed E-state index contributed by atoms with van der Waals surface area (Å²) in [6.45, 7) is 6.81. The molecule has 0 aliphatic heterocycles. The molecule has 0 radical (unpaired) electrons. The van der Waals surface area contributed by atoms with E-state index in [-0.39, 0.29) is 12.5 Å². The standard InChI is InChI=1S/C12H22N4O/c1-8(2)10-14-11(13-4)9(3)12(15-10)16(5)6-7-17/h8,17H,6-7H2,1-5H3,(H,13,14,15). The van der Waals surface area contributed by atoms with Crippen molar-refractivity contribution in [1.82, 2.24) is 9.97 Å². The van der Waals surface area contributed by atoms with Crippen molar-refractivity contribution in [2.24, 2.45) is 0 Å². The van der Waals surface area contributed by atoms with Crippen molar-refractivity contribution in [3.05, 3.63) is 11.4 Å². The maximum absolute atomic E-state index is 8.99. The van der Waals surface area contributed by atoms with Crippen LogP contribution in [0.2, 0.25) is 0 Å². The second kappa shape index (κ2) is 5.82. The number of aromatic nitrogens is 2. The van der Waals surface area contributed by atoms with Gasteiger partial charge in [0.15, 0.2) is 0 Å². The molecule has 0 saturated carbocycles. The van der Waals surface area contributed by atoms with Crippen molar-refractivity contribution < 1.29 is 5.11 Å². The molecular formula is C12H22N4O. The highest BCUT2D eigenvalue weighted by Gasteiger charge is 2.14. The molecule has 0 spiro atoms. The smallest absolute Gasteiger partial charge is 0.137 e. The van der Waals surface area contributed by atoms with Gasteiger partial charge in [-0.25, -0.2) is 9.97 Å². The van der Waals surface area contributed by atoms with Crippen molar-refractivity contribution >= 4 is 11.6 Å². The van der Waals surface area contributed by atoms with Crippen molar-refractivity contribution in [1.29, 1.82) is 0 Å². The number of nitrogens with one attached hydrogen (secondary N) is 1. The zero-order chi connectivity index (χ0) is 13.0. The van der Waals surface area contributed by atoms with Crippen LogP contribution in [0.4, 0.5) is 11.6 Å². The summed E-state index contributed by atoms with van der Waals surface area (Å²) in [5.41, 5.74) is 1.01. The molecule has 1 rings (SSSR count). The van der Waals surface area contributed by atoms with Gasteiger partial charge in [0.1, 0.15) is 17.5 Å². The monoisotopic (exact) mass is 238 g/mol. The third-order valence-electron chi connectivity index (χ3n) is 2.69. The molecule has 0 aliphatic rings. The number of likely N-dealkylation sites (N-methyl/N-ethyl adjacent to an activating group) is 1. The molecule has 96 valence electrons. The van der Waals surface area contributed by atoms with Gasteiger partial charge in [0.05, 0.1) is 6.61 Å². The minimum Gasteiger partial charge on any atom is -0.395 e. The van der Waals surface area contributed by atoms with E-state index in [0.29, 0.717) is 6.54 Å². The average molecular weight is 238 g/mol. The molecule has 5 heteroatoms. The Morgan fingerprint density at radius 2 is 2.00 bits per heavy atom. The van der Waals surface area contributed by atoms with Crippen molar-refractivity contribution in [3.8, 4) is 0 Å². The van der Waals surface area contributed by atoms with Crippen LogP contribution in [0.25, 0.3) is 0 Å². The molecule has 1 heterocycles. The molecule has 0 unspecified atom stereocenters. The van der Waals surface area contributed by atoms with E-state index < -0.39 is 0 Å². The average Bonchev–Trinajstić information content (AvgIpc) is 2.29. The van der Waals surface area contributed by atoms with Crippen molar-refractivity contribution in [2.45, 2.75) is 26.7 Å². The van der Waals surface area contributed by atoms with Gasteiger partial charge in [0.2, 0.25) is 0 Å². The van der Waals surface area contributed by atoms with Crippen LogP contribution in [-0.2, 0) is 0 Å². The zero-order valence-electron chi connectivity index (χ0n) is 11.3. The molecule has 0 aliphatic carbocycles. The van der Waals surface area contributed by atoms with Gasteiger partial charge in [-0.3, -0.25) is 0 Å². The van der Waals surface area contributed by atoms with E-state index in [1.54, 1.807) is 0 Å². The van der Waals surface area contributed by atoms with Crippen LogP contribution in [0.15, 0.2) is 0 Å². The summed E-state index contributed by atoms with van der Waals surface area (Å²) >= 11 is 0. The van der Waals surface area contributed by atoms with Gasteiger partial charge in [-0.1, -0.05) is 13.8 Å². The van der Waals surface area contributed by atoms with E-state index in [1.807, 2.05) is 25.9 Å². The van der Waals surface area contributed by atoms with Gasteiger partial charge in [-0.05, 0) is 6.92 Å². The highest BCUT2D eigenvalue weighted by atomic mass is 16.3. The van der Waals surface area contributed by atoms with Gasteiger partial charge in [-0.2, -0.15) is 0 Å². The van der Waals surface area contributed by atoms with Crippen LogP contribution < -0.4 is 10.2 Å². The maximum Gasteiger partial charge on any atom is 0.137 e. The fourth-order valence-electron chi connectivity index (χ4n) is 1.65. The van der Waals surface area contributed by atoms with Gasteiger partial charge in [0.25, 0.3) is 0 Å². The summed E-state index contributed by atoms with van der Waals surface area (Å²) in [5.74, 6) is 2.83. The Morgan fingerprint density at radius 3 is 2.47 bits per heavy atom. The van der Waals surface area contributed by atoms with E-state index in [1.165, 1.54) is 0 Å². The number of rotatable bonds is 5. The molecule has 1 aromatic heterocycles. The van der Waals surface area contributed by atoms with Crippen molar-refractivity contribution in [3.63, 3.8) is 0 Å². The largest absolute Gasteiger partial charge is 0.395 e. The van der Waals surface area contributed by atoms with E-state index >= 15 is 0 Å². The molecule has 0 saturated heterocycles. The Hall–Kier alpha value is -1.36. The third-order valence-corrected chi connectivity index (χ3v) is 2.69. The maximum atomic E-state index is 8.99. The van der Waals surface area contributed by atoms with E-state index in [2.05, 4.69) is 29.1 Å². The lowest BCUT2D eigenvalue weighted by Crippen LogP contribution is -2.24. The summed E-state index contributed by atoms with van der Waals surface area (Å²) in [5, 5.41) is 12.1. The SMILES string of the molecule is CNc1nc(C(C)C)nc(N(C)CCO)c1C. The molecule has 1 aromatic rings. The van der Waals surface area contributed by atoms with E-state index in [4.69, 9.17) is 5.11 Å². The Balaban J connectivity index is 3.22. The molecule has 0 aromatic carbocycles. The number of nitrogens with zero attached hydrogens (tertiary/aromatic N) is 3. The number of anilines is 2. The summed E-state index contributed by atoms with van der Waals surface area (Å²) in [4.78, 5) is 11.0. The minimum absolute atomic E-state index is 0.117. The van der Waals surface area contributed by atoms with Crippen LogP contribution in [-0.4, -0.2) is 42.3 Å². The lowest BCUT2D eigenvalue weighted by Gasteiger charge is -2.22. The quantitative estimate of drug-likeness (QED) is 0.811. The molecule has 17 heavy (non-hydrogen) atoms. The first-order valence-electron chi connectivity index (χ1n) is 5.89. The first-order valence-corrected chi connectivity index (χ1v) is 5.89. The van der Waals surface area contributed by atoms with Crippen LogP contribution in [0, 0.1) is 6.92 Å². The fraction of sp³-hybridized carbons (Fsp3) is 0.667. The number of aliphatic hydroxyl groups is 1.